The Bertz CT molecular complexity index is 2620. The molecule has 0 radical (unpaired) electrons. The predicted octanol–water partition coefficient (Wildman–Crippen LogP) is 6.65. The molecule has 9 rings (SSSR count). The Labute approximate surface area is 366 Å². The van der Waals surface area contributed by atoms with Crippen LogP contribution in [0.1, 0.15) is 80.6 Å². The summed E-state index contributed by atoms with van der Waals surface area (Å²) < 4.78 is 5.25. The highest BCUT2D eigenvalue weighted by atomic mass is 16.5. The third-order valence-electron chi connectivity index (χ3n) is 12.5. The number of hydrogen-bond donors (Lipinski definition) is 3. The van der Waals surface area contributed by atoms with Crippen LogP contribution in [0.15, 0.2) is 77.7 Å². The number of carbonyl (C=O) groups excluding carboxylic acids is 3. The van der Waals surface area contributed by atoms with Gasteiger partial charge in [-0.2, -0.15) is 4.98 Å². The zero-order chi connectivity index (χ0) is 43.8. The minimum atomic E-state index is -0.411. The fourth-order valence-corrected chi connectivity index (χ4v) is 8.88. The van der Waals surface area contributed by atoms with Crippen LogP contribution in [-0.4, -0.2) is 105 Å². The van der Waals surface area contributed by atoms with Crippen molar-refractivity contribution in [1.29, 1.82) is 0 Å². The Morgan fingerprint density at radius 2 is 1.62 bits per heavy atom. The molecule has 1 unspecified atom stereocenters. The summed E-state index contributed by atoms with van der Waals surface area (Å²) in [5, 5.41) is 10.3. The summed E-state index contributed by atoms with van der Waals surface area (Å²) in [6.07, 6.45) is 6.11. The first-order valence-electron chi connectivity index (χ1n) is 21.9. The van der Waals surface area contributed by atoms with Crippen molar-refractivity contribution in [3.8, 4) is 22.5 Å². The van der Waals surface area contributed by atoms with Crippen LogP contribution in [0, 0.1) is 12.8 Å². The Kier molecular flexibility index (Phi) is 11.4. The van der Waals surface area contributed by atoms with Gasteiger partial charge in [0.2, 0.25) is 5.91 Å². The molecule has 4 amide bonds. The topological polar surface area (TPSA) is 182 Å². The quantitative estimate of drug-likeness (QED) is 0.134. The fourth-order valence-electron chi connectivity index (χ4n) is 8.88. The number of hydrogen-bond acceptors (Lipinski definition) is 12. The van der Waals surface area contributed by atoms with Gasteiger partial charge in [-0.25, -0.2) is 19.7 Å². The molecular formula is C47H54N12O4. The van der Waals surface area contributed by atoms with Crippen LogP contribution in [0.3, 0.4) is 0 Å². The Morgan fingerprint density at radius 3 is 2.30 bits per heavy atom. The molecule has 0 spiro atoms. The summed E-state index contributed by atoms with van der Waals surface area (Å²) in [6.45, 7) is 17.3. The number of anilines is 3. The highest BCUT2D eigenvalue weighted by molar-refractivity contribution is 6.05. The molecule has 1 atom stereocenters. The number of piperidine rings is 1. The number of H-pyrrole nitrogens is 1. The van der Waals surface area contributed by atoms with Gasteiger partial charge in [0.05, 0.1) is 11.7 Å². The number of aromatic amines is 1. The van der Waals surface area contributed by atoms with Crippen LogP contribution in [-0.2, 0) is 10.2 Å². The number of imide groups is 1. The van der Waals surface area contributed by atoms with Gasteiger partial charge in [-0.3, -0.25) is 24.7 Å². The lowest BCUT2D eigenvalue weighted by atomic mass is 9.96. The molecule has 6 aromatic rings. The number of piperazine rings is 1. The number of rotatable bonds is 10. The lowest BCUT2D eigenvalue weighted by molar-refractivity contribution is -0.120. The van der Waals surface area contributed by atoms with E-state index in [2.05, 4.69) is 86.8 Å². The van der Waals surface area contributed by atoms with E-state index >= 15 is 0 Å². The average molecular weight is 851 g/mol. The highest BCUT2D eigenvalue weighted by Gasteiger charge is 2.28. The maximum atomic E-state index is 12.9. The highest BCUT2D eigenvalue weighted by Crippen LogP contribution is 2.33. The van der Waals surface area contributed by atoms with E-state index in [-0.39, 0.29) is 29.3 Å². The molecule has 0 bridgehead atoms. The van der Waals surface area contributed by atoms with Crippen LogP contribution in [0.2, 0.25) is 0 Å². The number of nitrogens with one attached hydrogen (secondary N) is 3. The number of fused-ring (bicyclic) bond motifs is 1. The fraction of sp³-hybridized carbons (Fsp3) is 0.404. The van der Waals surface area contributed by atoms with Crippen molar-refractivity contribution in [2.24, 2.45) is 5.92 Å². The summed E-state index contributed by atoms with van der Waals surface area (Å²) in [5.41, 5.74) is 8.05. The molecule has 0 saturated carbocycles. The third-order valence-corrected chi connectivity index (χ3v) is 12.5. The van der Waals surface area contributed by atoms with E-state index in [1.165, 1.54) is 0 Å². The van der Waals surface area contributed by atoms with Gasteiger partial charge >= 0.3 is 17.8 Å². The van der Waals surface area contributed by atoms with Crippen molar-refractivity contribution in [1.82, 2.24) is 45.6 Å². The van der Waals surface area contributed by atoms with Gasteiger partial charge in [0.15, 0.2) is 5.82 Å². The van der Waals surface area contributed by atoms with Crippen LogP contribution in [0.25, 0.3) is 33.5 Å². The minimum absolute atomic E-state index is 0.0496. The van der Waals surface area contributed by atoms with Gasteiger partial charge in [0.25, 0.3) is 0 Å². The van der Waals surface area contributed by atoms with E-state index in [0.29, 0.717) is 24.7 Å². The molecule has 326 valence electrons. The van der Waals surface area contributed by atoms with Crippen molar-refractivity contribution in [2.45, 2.75) is 65.3 Å². The number of carbonyl (C=O) groups is 3. The van der Waals surface area contributed by atoms with Gasteiger partial charge in [-0.15, -0.1) is 0 Å². The second-order valence-corrected chi connectivity index (χ2v) is 18.0. The van der Waals surface area contributed by atoms with Crippen LogP contribution >= 0.6 is 0 Å². The lowest BCUT2D eigenvalue weighted by Gasteiger charge is -2.40. The summed E-state index contributed by atoms with van der Waals surface area (Å²) in [5.74, 6) is 1.46. The molecule has 16 heteroatoms. The second kappa shape index (κ2) is 17.2. The molecule has 3 N–H and O–H groups in total. The Balaban J connectivity index is 0.768. The molecule has 3 aliphatic rings. The van der Waals surface area contributed by atoms with E-state index in [9.17, 15) is 14.4 Å². The molecular weight excluding hydrogens is 797 g/mol. The van der Waals surface area contributed by atoms with Gasteiger partial charge in [-0.05, 0) is 92.3 Å². The van der Waals surface area contributed by atoms with Crippen LogP contribution in [0.5, 0.6) is 0 Å². The van der Waals surface area contributed by atoms with E-state index in [0.717, 1.165) is 121 Å². The standard InChI is InChI=1S/C47H54N12O4/c1-29-24-32(6-12-36(29)30(2)51-43(61)44-54-45(55-63-44)47(3,4)5)41-37-25-38(52-42(37)50-28-49-41)33-7-13-39(48-26-33)58-17-14-31(15-18-58)27-56-20-22-57(23-21-56)34-8-10-35(11-9-34)59-19-16-40(60)53-46(59)62/h6-13,24-26,28,30-31H,14-23,27H2,1-5H3,(H,51,61)(H,49,50,52)(H,53,60,62). The second-order valence-electron chi connectivity index (χ2n) is 18.0. The summed E-state index contributed by atoms with van der Waals surface area (Å²) in [7, 11) is 0. The first-order valence-corrected chi connectivity index (χ1v) is 21.9. The number of amides is 4. The first kappa shape index (κ1) is 41.7. The molecule has 4 aromatic heterocycles. The number of aryl methyl sites for hydroxylation is 1. The van der Waals surface area contributed by atoms with Crippen molar-refractivity contribution in [3.05, 3.63) is 96.0 Å². The van der Waals surface area contributed by atoms with Crippen molar-refractivity contribution >= 4 is 46.1 Å². The van der Waals surface area contributed by atoms with E-state index in [4.69, 9.17) is 9.51 Å². The van der Waals surface area contributed by atoms with Crippen LogP contribution in [0.4, 0.5) is 22.0 Å². The third kappa shape index (κ3) is 8.98. The van der Waals surface area contributed by atoms with E-state index in [1.54, 1.807) is 11.2 Å². The summed E-state index contributed by atoms with van der Waals surface area (Å²) in [4.78, 5) is 67.7. The maximum absolute atomic E-state index is 12.9. The molecule has 63 heavy (non-hydrogen) atoms. The van der Waals surface area contributed by atoms with Gasteiger partial charge in [-0.1, -0.05) is 38.1 Å². The lowest BCUT2D eigenvalue weighted by Crippen LogP contribution is -2.49. The summed E-state index contributed by atoms with van der Waals surface area (Å²) in [6, 6.07) is 19.9. The zero-order valence-electron chi connectivity index (χ0n) is 36.5. The van der Waals surface area contributed by atoms with E-state index < -0.39 is 5.91 Å². The maximum Gasteiger partial charge on any atom is 0.328 e. The van der Waals surface area contributed by atoms with Gasteiger partial charge in [0, 0.05) is 104 Å². The largest absolute Gasteiger partial charge is 0.369 e. The Morgan fingerprint density at radius 1 is 0.873 bits per heavy atom. The molecule has 3 fully saturated rings. The van der Waals surface area contributed by atoms with Gasteiger partial charge < -0.3 is 24.6 Å². The smallest absolute Gasteiger partial charge is 0.328 e. The molecule has 3 aliphatic heterocycles. The summed E-state index contributed by atoms with van der Waals surface area (Å²) >= 11 is 0. The SMILES string of the molecule is Cc1cc(-c2ncnc3[nH]c(-c4ccc(N5CCC(CN6CCN(c7ccc(N8CCC(=O)NC8=O)cc7)CC6)CC5)nc4)cc23)ccc1C(C)NC(=O)c1nc(C(C)(C)C)no1. The predicted molar refractivity (Wildman–Crippen MR) is 242 cm³/mol. The molecule has 16 nitrogen and oxygen atoms in total. The average Bonchev–Trinajstić information content (AvgIpc) is 3.97. The van der Waals surface area contributed by atoms with Crippen molar-refractivity contribution < 1.29 is 18.9 Å². The number of aromatic nitrogens is 6. The number of pyridine rings is 1. The number of nitrogens with zero attached hydrogens (tertiary/aromatic N) is 9. The monoisotopic (exact) mass is 850 g/mol. The minimum Gasteiger partial charge on any atom is -0.369 e. The van der Waals surface area contributed by atoms with Crippen molar-refractivity contribution in [3.63, 3.8) is 0 Å². The van der Waals surface area contributed by atoms with Crippen molar-refractivity contribution in [2.75, 3.05) is 67.1 Å². The molecule has 2 aromatic carbocycles. The molecule has 0 aliphatic carbocycles. The number of benzene rings is 2. The molecule has 7 heterocycles. The normalized spacial score (nSPS) is 17.3. The number of urea groups is 1. The Hall–Kier alpha value is -6.68. The first-order chi connectivity index (χ1) is 30.4. The van der Waals surface area contributed by atoms with E-state index in [1.807, 2.05) is 65.1 Å². The van der Waals surface area contributed by atoms with Gasteiger partial charge in [0.1, 0.15) is 17.8 Å². The van der Waals surface area contributed by atoms with Crippen LogP contribution < -0.4 is 25.3 Å². The molecule has 3 saturated heterocycles. The zero-order valence-corrected chi connectivity index (χ0v) is 36.5.